The summed E-state index contributed by atoms with van der Waals surface area (Å²) in [5.74, 6) is 0. The number of aryl methyl sites for hydroxylation is 1. The maximum atomic E-state index is 12.4. The zero-order valence-electron chi connectivity index (χ0n) is 11.4. The molecule has 1 aromatic rings. The highest BCUT2D eigenvalue weighted by Gasteiger charge is 2.33. The van der Waals surface area contributed by atoms with Crippen LogP contribution in [0, 0.1) is 6.92 Å². The first kappa shape index (κ1) is 17.2. The predicted octanol–water partition coefficient (Wildman–Crippen LogP) is 0.642. The van der Waals surface area contributed by atoms with Crippen molar-refractivity contribution in [3.63, 3.8) is 0 Å². The highest BCUT2D eigenvalue weighted by molar-refractivity contribution is 7.89. The molecule has 0 spiro atoms. The minimum atomic E-state index is -3.93. The van der Waals surface area contributed by atoms with Gasteiger partial charge in [-0.25, -0.2) is 13.1 Å². The van der Waals surface area contributed by atoms with Crippen molar-refractivity contribution < 1.29 is 18.6 Å². The van der Waals surface area contributed by atoms with Crippen LogP contribution in [0.5, 0.6) is 0 Å². The van der Waals surface area contributed by atoms with Crippen LogP contribution in [0.3, 0.4) is 0 Å². The van der Waals surface area contributed by atoms with E-state index in [1.165, 1.54) is 12.1 Å². The number of hydrogen-bond donors (Lipinski definition) is 4. The molecule has 0 amide bonds. The van der Waals surface area contributed by atoms with Crippen molar-refractivity contribution in [3.8, 4) is 0 Å². The molecule has 1 rings (SSSR count). The van der Waals surface area contributed by atoms with Crippen molar-refractivity contribution in [3.05, 3.63) is 22.7 Å². The third kappa shape index (κ3) is 3.42. The zero-order valence-corrected chi connectivity index (χ0v) is 12.9. The van der Waals surface area contributed by atoms with Gasteiger partial charge in [-0.3, -0.25) is 0 Å². The Bertz CT molecular complexity index is 577. The van der Waals surface area contributed by atoms with E-state index in [1.807, 2.05) is 0 Å². The minimum absolute atomic E-state index is 0.0286. The lowest BCUT2D eigenvalue weighted by molar-refractivity contribution is 0.105. The average molecular weight is 323 g/mol. The number of sulfonamides is 1. The van der Waals surface area contributed by atoms with Crippen molar-refractivity contribution in [1.82, 2.24) is 4.72 Å². The summed E-state index contributed by atoms with van der Waals surface area (Å²) in [4.78, 5) is -0.0286. The number of aliphatic hydroxyl groups is 2. The maximum absolute atomic E-state index is 12.4. The van der Waals surface area contributed by atoms with E-state index in [0.717, 1.165) is 0 Å². The Morgan fingerprint density at radius 2 is 1.90 bits per heavy atom. The van der Waals surface area contributed by atoms with Crippen LogP contribution in [0.2, 0.25) is 5.02 Å². The minimum Gasteiger partial charge on any atom is -0.397 e. The van der Waals surface area contributed by atoms with Gasteiger partial charge in [-0.05, 0) is 31.0 Å². The van der Waals surface area contributed by atoms with E-state index in [4.69, 9.17) is 17.3 Å². The normalized spacial score (nSPS) is 12.7. The van der Waals surface area contributed by atoms with Crippen LogP contribution in [0.1, 0.15) is 18.9 Å². The van der Waals surface area contributed by atoms with Crippen molar-refractivity contribution in [2.24, 2.45) is 0 Å². The van der Waals surface area contributed by atoms with Crippen molar-refractivity contribution in [1.29, 1.82) is 0 Å². The van der Waals surface area contributed by atoms with Gasteiger partial charge in [-0.1, -0.05) is 18.5 Å². The summed E-state index contributed by atoms with van der Waals surface area (Å²) in [7, 11) is -3.93. The lowest BCUT2D eigenvalue weighted by Crippen LogP contribution is -2.53. The second-order valence-electron chi connectivity index (χ2n) is 4.69. The first-order chi connectivity index (χ1) is 9.21. The summed E-state index contributed by atoms with van der Waals surface area (Å²) < 4.78 is 27.1. The van der Waals surface area contributed by atoms with Gasteiger partial charge in [-0.2, -0.15) is 0 Å². The molecule has 0 radical (unpaired) electrons. The molecule has 8 heteroatoms. The Labute approximate surface area is 123 Å². The Hall–Kier alpha value is -0.860. The van der Waals surface area contributed by atoms with Crippen LogP contribution in [0.25, 0.3) is 0 Å². The van der Waals surface area contributed by atoms with Gasteiger partial charge in [0, 0.05) is 0 Å². The number of rotatable bonds is 6. The molecule has 0 aliphatic heterocycles. The van der Waals surface area contributed by atoms with Crippen LogP contribution in [-0.2, 0) is 10.0 Å². The number of nitrogens with one attached hydrogen (secondary N) is 1. The largest absolute Gasteiger partial charge is 0.397 e. The van der Waals surface area contributed by atoms with Gasteiger partial charge in [0.15, 0.2) is 0 Å². The summed E-state index contributed by atoms with van der Waals surface area (Å²) in [6.45, 7) is 2.23. The van der Waals surface area contributed by atoms with Crippen LogP contribution in [-0.4, -0.2) is 37.4 Å². The van der Waals surface area contributed by atoms with Gasteiger partial charge in [0.2, 0.25) is 10.0 Å². The van der Waals surface area contributed by atoms with Gasteiger partial charge < -0.3 is 15.9 Å². The fraction of sp³-hybridized carbons (Fsp3) is 0.500. The monoisotopic (exact) mass is 322 g/mol. The molecule has 0 saturated carbocycles. The van der Waals surface area contributed by atoms with Gasteiger partial charge in [-0.15, -0.1) is 0 Å². The second-order valence-corrected chi connectivity index (χ2v) is 6.75. The summed E-state index contributed by atoms with van der Waals surface area (Å²) in [5.41, 5.74) is 4.89. The summed E-state index contributed by atoms with van der Waals surface area (Å²) in [6, 6.07) is 2.71. The number of nitrogen functional groups attached to an aromatic ring is 1. The van der Waals surface area contributed by atoms with E-state index >= 15 is 0 Å². The second kappa shape index (κ2) is 6.28. The van der Waals surface area contributed by atoms with Crippen LogP contribution in [0.4, 0.5) is 5.69 Å². The van der Waals surface area contributed by atoms with Crippen molar-refractivity contribution in [2.75, 3.05) is 18.9 Å². The number of halogens is 1. The van der Waals surface area contributed by atoms with Crippen molar-refractivity contribution in [2.45, 2.75) is 30.7 Å². The molecule has 0 aliphatic rings. The molecule has 0 fully saturated rings. The molecular formula is C12H19ClN2O4S. The van der Waals surface area contributed by atoms with E-state index < -0.39 is 28.8 Å². The zero-order chi connectivity index (χ0) is 15.6. The van der Waals surface area contributed by atoms with Crippen LogP contribution < -0.4 is 10.5 Å². The van der Waals surface area contributed by atoms with E-state index in [0.29, 0.717) is 5.56 Å². The smallest absolute Gasteiger partial charge is 0.241 e. The Balaban J connectivity index is 3.28. The molecule has 114 valence electrons. The lowest BCUT2D eigenvalue weighted by atomic mass is 10.0. The molecule has 0 aliphatic carbocycles. The van der Waals surface area contributed by atoms with E-state index in [-0.39, 0.29) is 22.0 Å². The molecule has 20 heavy (non-hydrogen) atoms. The summed E-state index contributed by atoms with van der Waals surface area (Å²) >= 11 is 5.83. The Morgan fingerprint density at radius 1 is 1.35 bits per heavy atom. The highest BCUT2D eigenvalue weighted by atomic mass is 35.5. The summed E-state index contributed by atoms with van der Waals surface area (Å²) in [6.07, 6.45) is 0.237. The molecule has 0 saturated heterocycles. The molecule has 5 N–H and O–H groups in total. The number of nitrogens with two attached hydrogens (primary N) is 1. The molecule has 0 atom stereocenters. The van der Waals surface area contributed by atoms with Gasteiger partial charge in [0.05, 0.1) is 34.4 Å². The predicted molar refractivity (Wildman–Crippen MR) is 78.1 cm³/mol. The number of benzene rings is 1. The molecular weight excluding hydrogens is 304 g/mol. The molecule has 0 bridgehead atoms. The Kier molecular flexibility index (Phi) is 5.39. The third-order valence-corrected chi connectivity index (χ3v) is 5.26. The first-order valence-corrected chi connectivity index (χ1v) is 7.89. The third-order valence-electron chi connectivity index (χ3n) is 3.22. The molecule has 6 nitrogen and oxygen atoms in total. The van der Waals surface area contributed by atoms with Crippen LogP contribution >= 0.6 is 11.6 Å². The lowest BCUT2D eigenvalue weighted by Gasteiger charge is -2.29. The topological polar surface area (TPSA) is 113 Å². The van der Waals surface area contributed by atoms with E-state index in [2.05, 4.69) is 4.72 Å². The molecule has 0 aromatic heterocycles. The fourth-order valence-electron chi connectivity index (χ4n) is 1.71. The molecule has 0 unspecified atom stereocenters. The standard InChI is InChI=1S/C12H19ClN2O4S/c1-3-12(6-16,7-17)15-20(18,19)11-5-10(14)9(13)4-8(11)2/h4-5,15-17H,3,6-7,14H2,1-2H3. The molecule has 0 heterocycles. The highest BCUT2D eigenvalue weighted by Crippen LogP contribution is 2.27. The number of anilines is 1. The van der Waals surface area contributed by atoms with E-state index in [9.17, 15) is 18.6 Å². The maximum Gasteiger partial charge on any atom is 0.241 e. The average Bonchev–Trinajstić information content (AvgIpc) is 2.40. The SMILES string of the molecule is CCC(CO)(CO)NS(=O)(=O)c1cc(N)c(Cl)cc1C. The quantitative estimate of drug-likeness (QED) is 0.574. The van der Waals surface area contributed by atoms with E-state index in [1.54, 1.807) is 13.8 Å². The number of hydrogen-bond acceptors (Lipinski definition) is 5. The van der Waals surface area contributed by atoms with Crippen molar-refractivity contribution >= 4 is 27.3 Å². The van der Waals surface area contributed by atoms with Gasteiger partial charge >= 0.3 is 0 Å². The van der Waals surface area contributed by atoms with Gasteiger partial charge in [0.25, 0.3) is 0 Å². The summed E-state index contributed by atoms with van der Waals surface area (Å²) in [5, 5.41) is 18.9. The fourth-order valence-corrected chi connectivity index (χ4v) is 3.65. The Morgan fingerprint density at radius 3 is 2.35 bits per heavy atom. The first-order valence-electron chi connectivity index (χ1n) is 6.02. The molecule has 1 aromatic carbocycles. The number of aliphatic hydroxyl groups excluding tert-OH is 2. The van der Waals surface area contributed by atoms with Gasteiger partial charge in [0.1, 0.15) is 0 Å². The van der Waals surface area contributed by atoms with Crippen LogP contribution in [0.15, 0.2) is 17.0 Å².